The maximum absolute atomic E-state index is 13.7. The number of rotatable bonds is 4. The summed E-state index contributed by atoms with van der Waals surface area (Å²) < 4.78 is 38.3. The number of nitrogens with two attached hydrogens (primary N) is 1. The number of hydrogen-bond donors (Lipinski definition) is 1. The molecule has 2 aliphatic heterocycles. The van der Waals surface area contributed by atoms with Crippen molar-refractivity contribution in [1.29, 1.82) is 0 Å². The molecule has 0 bridgehead atoms. The van der Waals surface area contributed by atoms with E-state index in [2.05, 4.69) is 24.9 Å². The Morgan fingerprint density at radius 3 is 2.03 bits per heavy atom. The normalized spacial score (nSPS) is 22.6. The van der Waals surface area contributed by atoms with E-state index < -0.39 is 12.1 Å². The lowest BCUT2D eigenvalue weighted by atomic mass is 10.2. The molecule has 162 valence electrons. The highest BCUT2D eigenvalue weighted by Gasteiger charge is 2.28. The molecule has 0 aliphatic carbocycles. The van der Waals surface area contributed by atoms with E-state index in [1.54, 1.807) is 0 Å². The first-order valence-corrected chi connectivity index (χ1v) is 9.80. The van der Waals surface area contributed by atoms with Crippen LogP contribution in [-0.2, 0) is 9.47 Å². The topological polar surface area (TPSA) is 115 Å². The Hall–Kier alpha value is -2.73. The fourth-order valence-corrected chi connectivity index (χ4v) is 3.53. The van der Waals surface area contributed by atoms with Crippen LogP contribution in [0, 0.1) is 0 Å². The number of morpholine rings is 2. The highest BCUT2D eigenvalue weighted by molar-refractivity contribution is 5.61. The fourth-order valence-electron chi connectivity index (χ4n) is 3.53. The van der Waals surface area contributed by atoms with E-state index in [1.807, 2.05) is 23.6 Å². The number of hydrogen-bond acceptors (Lipinski definition) is 10. The second kappa shape index (κ2) is 8.56. The van der Waals surface area contributed by atoms with Crippen LogP contribution in [0.1, 0.15) is 26.0 Å². The van der Waals surface area contributed by atoms with Crippen molar-refractivity contribution < 1.29 is 18.3 Å². The van der Waals surface area contributed by atoms with Crippen molar-refractivity contribution in [1.82, 2.24) is 24.9 Å². The van der Waals surface area contributed by atoms with E-state index in [1.165, 1.54) is 6.20 Å². The summed E-state index contributed by atoms with van der Waals surface area (Å²) in [6.45, 7) is 7.28. The smallest absolute Gasteiger partial charge is 0.281 e. The predicted molar refractivity (Wildman–Crippen MR) is 105 cm³/mol. The van der Waals surface area contributed by atoms with E-state index in [4.69, 9.17) is 15.2 Å². The van der Waals surface area contributed by atoms with Gasteiger partial charge in [0.25, 0.3) is 6.43 Å². The van der Waals surface area contributed by atoms with E-state index in [9.17, 15) is 8.78 Å². The van der Waals surface area contributed by atoms with Crippen molar-refractivity contribution in [3.63, 3.8) is 0 Å². The minimum absolute atomic E-state index is 0.0289. The Kier molecular flexibility index (Phi) is 5.86. The molecule has 0 amide bonds. The van der Waals surface area contributed by atoms with E-state index in [0.717, 1.165) is 0 Å². The summed E-state index contributed by atoms with van der Waals surface area (Å²) in [7, 11) is 0. The molecule has 2 atom stereocenters. The minimum Gasteiger partial charge on any atom is -0.377 e. The number of halogens is 2. The molecule has 12 heteroatoms. The standard InChI is InChI=1S/C18H24F2N8O2/c1-10-8-29-5-3-27(10)17-24-15(12-7-22-16(21)23-13(12)14(19)20)25-18(26-17)28-4-6-30-9-11(28)2/h7,10-11,14H,3-6,8-9H2,1-2H3,(H2,21,22,23)/t10-,11-/m0/s1. The maximum Gasteiger partial charge on any atom is 0.281 e. The molecule has 2 aliphatic rings. The number of ether oxygens (including phenoxy) is 2. The Bertz CT molecular complexity index is 862. The molecule has 10 nitrogen and oxygen atoms in total. The van der Waals surface area contributed by atoms with E-state index in [0.29, 0.717) is 51.4 Å². The summed E-state index contributed by atoms with van der Waals surface area (Å²) in [5.74, 6) is 0.665. The van der Waals surface area contributed by atoms with Gasteiger partial charge in [-0.1, -0.05) is 0 Å². The summed E-state index contributed by atoms with van der Waals surface area (Å²) in [6.07, 6.45) is -1.61. The van der Waals surface area contributed by atoms with Crippen molar-refractivity contribution in [2.75, 3.05) is 55.1 Å². The third-order valence-corrected chi connectivity index (χ3v) is 5.15. The van der Waals surface area contributed by atoms with Gasteiger partial charge in [-0.15, -0.1) is 0 Å². The van der Waals surface area contributed by atoms with Crippen molar-refractivity contribution >= 4 is 17.8 Å². The molecule has 4 heterocycles. The van der Waals surface area contributed by atoms with Crippen LogP contribution in [-0.4, -0.2) is 76.5 Å². The summed E-state index contributed by atoms with van der Waals surface area (Å²) in [5.41, 5.74) is 5.05. The highest BCUT2D eigenvalue weighted by Crippen LogP contribution is 2.30. The Balaban J connectivity index is 1.84. The SMILES string of the molecule is C[C@H]1COCCN1c1nc(-c2cnc(N)nc2C(F)F)nc(N2CCOC[C@@H]2C)n1. The molecule has 0 unspecified atom stereocenters. The summed E-state index contributed by atoms with van der Waals surface area (Å²) in [5, 5.41) is 0. The Morgan fingerprint density at radius 1 is 0.967 bits per heavy atom. The summed E-state index contributed by atoms with van der Waals surface area (Å²) in [6, 6.07) is 0.0578. The van der Waals surface area contributed by atoms with Crippen molar-refractivity contribution in [2.45, 2.75) is 32.4 Å². The predicted octanol–water partition coefficient (Wildman–Crippen LogP) is 1.30. The molecule has 2 aromatic heterocycles. The maximum atomic E-state index is 13.7. The lowest BCUT2D eigenvalue weighted by Gasteiger charge is -2.36. The second-order valence-electron chi connectivity index (χ2n) is 7.32. The monoisotopic (exact) mass is 422 g/mol. The van der Waals surface area contributed by atoms with Gasteiger partial charge in [-0.2, -0.15) is 15.0 Å². The Morgan fingerprint density at radius 2 is 1.53 bits per heavy atom. The van der Waals surface area contributed by atoms with Crippen LogP contribution in [0.4, 0.5) is 26.6 Å². The zero-order chi connectivity index (χ0) is 21.3. The number of alkyl halides is 2. The zero-order valence-corrected chi connectivity index (χ0v) is 16.8. The lowest BCUT2D eigenvalue weighted by molar-refractivity contribution is 0.0969. The van der Waals surface area contributed by atoms with Gasteiger partial charge in [0.1, 0.15) is 5.69 Å². The molecular formula is C18H24F2N8O2. The zero-order valence-electron chi connectivity index (χ0n) is 16.8. The van der Waals surface area contributed by atoms with Crippen LogP contribution < -0.4 is 15.5 Å². The third-order valence-electron chi connectivity index (χ3n) is 5.15. The van der Waals surface area contributed by atoms with Crippen LogP contribution in [0.15, 0.2) is 6.20 Å². The third kappa shape index (κ3) is 4.10. The number of nitrogens with zero attached hydrogens (tertiary/aromatic N) is 7. The van der Waals surface area contributed by atoms with Crippen molar-refractivity contribution in [3.8, 4) is 11.4 Å². The van der Waals surface area contributed by atoms with Crippen LogP contribution in [0.5, 0.6) is 0 Å². The molecule has 0 saturated carbocycles. The van der Waals surface area contributed by atoms with Gasteiger partial charge in [-0.25, -0.2) is 18.7 Å². The van der Waals surface area contributed by atoms with Crippen LogP contribution in [0.3, 0.4) is 0 Å². The fraction of sp³-hybridized carbons (Fsp3) is 0.611. The van der Waals surface area contributed by atoms with Crippen LogP contribution in [0.2, 0.25) is 0 Å². The van der Waals surface area contributed by atoms with Gasteiger partial charge < -0.3 is 25.0 Å². The first kappa shape index (κ1) is 20.5. The van der Waals surface area contributed by atoms with Gasteiger partial charge in [-0.3, -0.25) is 0 Å². The van der Waals surface area contributed by atoms with Gasteiger partial charge in [0, 0.05) is 19.3 Å². The second-order valence-corrected chi connectivity index (χ2v) is 7.32. The minimum atomic E-state index is -2.85. The van der Waals surface area contributed by atoms with Gasteiger partial charge in [0.2, 0.25) is 17.8 Å². The number of aromatic nitrogens is 5. The first-order valence-electron chi connectivity index (χ1n) is 9.80. The summed E-state index contributed by atoms with van der Waals surface area (Å²) >= 11 is 0. The van der Waals surface area contributed by atoms with E-state index >= 15 is 0 Å². The number of anilines is 3. The van der Waals surface area contributed by atoms with Crippen LogP contribution in [0.25, 0.3) is 11.4 Å². The molecule has 2 aromatic rings. The molecular weight excluding hydrogens is 398 g/mol. The molecule has 2 saturated heterocycles. The molecule has 2 N–H and O–H groups in total. The Labute approximate surface area is 172 Å². The molecule has 4 rings (SSSR count). The molecule has 30 heavy (non-hydrogen) atoms. The average Bonchev–Trinajstić information content (AvgIpc) is 2.74. The van der Waals surface area contributed by atoms with E-state index in [-0.39, 0.29) is 29.4 Å². The molecule has 0 aromatic carbocycles. The quantitative estimate of drug-likeness (QED) is 0.773. The van der Waals surface area contributed by atoms with Gasteiger partial charge in [-0.05, 0) is 13.8 Å². The molecule has 2 fully saturated rings. The van der Waals surface area contributed by atoms with Gasteiger partial charge in [0.15, 0.2) is 5.82 Å². The lowest BCUT2D eigenvalue weighted by Crippen LogP contribution is -2.46. The van der Waals surface area contributed by atoms with Crippen molar-refractivity contribution in [3.05, 3.63) is 11.9 Å². The summed E-state index contributed by atoms with van der Waals surface area (Å²) in [4.78, 5) is 25.2. The highest BCUT2D eigenvalue weighted by atomic mass is 19.3. The van der Waals surface area contributed by atoms with Gasteiger partial charge >= 0.3 is 0 Å². The van der Waals surface area contributed by atoms with Gasteiger partial charge in [0.05, 0.1) is 44.1 Å². The largest absolute Gasteiger partial charge is 0.377 e. The van der Waals surface area contributed by atoms with Crippen molar-refractivity contribution in [2.24, 2.45) is 0 Å². The first-order chi connectivity index (χ1) is 14.4. The molecule has 0 radical (unpaired) electrons. The van der Waals surface area contributed by atoms with Crippen LogP contribution >= 0.6 is 0 Å². The molecule has 0 spiro atoms. The number of nitrogen functional groups attached to an aromatic ring is 1. The average molecular weight is 422 g/mol.